The molecule has 7 nitrogen and oxygen atoms in total. The number of nitrogens with one attached hydrogen (secondary N) is 2. The van der Waals surface area contributed by atoms with E-state index in [1.54, 1.807) is 24.3 Å². The highest BCUT2D eigenvalue weighted by molar-refractivity contribution is 7.15. The minimum absolute atomic E-state index is 0.00461. The van der Waals surface area contributed by atoms with Crippen molar-refractivity contribution in [2.24, 2.45) is 0 Å². The van der Waals surface area contributed by atoms with E-state index in [1.807, 2.05) is 13.8 Å². The highest BCUT2D eigenvalue weighted by Gasteiger charge is 2.16. The van der Waals surface area contributed by atoms with Crippen LogP contribution in [0.1, 0.15) is 10.7 Å². The van der Waals surface area contributed by atoms with E-state index in [9.17, 15) is 4.79 Å². The number of hydrogen-bond donors (Lipinski definition) is 2. The van der Waals surface area contributed by atoms with Crippen molar-refractivity contribution < 1.29 is 9.21 Å². The summed E-state index contributed by atoms with van der Waals surface area (Å²) in [7, 11) is 0. The lowest BCUT2D eigenvalue weighted by Gasteiger charge is -2.04. The molecular formula is C14H12ClN5O2S. The van der Waals surface area contributed by atoms with Gasteiger partial charge in [-0.1, -0.05) is 22.8 Å². The van der Waals surface area contributed by atoms with Crippen molar-refractivity contribution in [3.05, 3.63) is 40.0 Å². The van der Waals surface area contributed by atoms with Crippen LogP contribution in [0.3, 0.4) is 0 Å². The highest BCUT2D eigenvalue weighted by Crippen LogP contribution is 2.29. The second kappa shape index (κ2) is 6.35. The summed E-state index contributed by atoms with van der Waals surface area (Å²) in [4.78, 5) is 17.0. The number of anilines is 2. The van der Waals surface area contributed by atoms with Crippen LogP contribution >= 0.6 is 22.9 Å². The fourth-order valence-corrected chi connectivity index (χ4v) is 2.95. The van der Waals surface area contributed by atoms with Crippen LogP contribution in [0.5, 0.6) is 0 Å². The number of amides is 2. The topological polar surface area (TPSA) is 92.9 Å². The van der Waals surface area contributed by atoms with Crippen LogP contribution in [0.2, 0.25) is 5.02 Å². The minimum Gasteiger partial charge on any atom is -0.402 e. The maximum Gasteiger partial charge on any atom is 0.327 e. The first kappa shape index (κ1) is 15.4. The van der Waals surface area contributed by atoms with Crippen LogP contribution in [0, 0.1) is 13.8 Å². The molecule has 3 rings (SSSR count). The van der Waals surface area contributed by atoms with Gasteiger partial charge in [0.15, 0.2) is 0 Å². The van der Waals surface area contributed by atoms with Crippen LogP contribution in [0.4, 0.5) is 16.5 Å². The predicted molar refractivity (Wildman–Crippen MR) is 89.0 cm³/mol. The molecule has 2 amide bonds. The number of carbonyl (C=O) groups is 1. The highest BCUT2D eigenvalue weighted by atomic mass is 35.5. The molecule has 0 aliphatic heterocycles. The van der Waals surface area contributed by atoms with E-state index in [0.717, 1.165) is 15.6 Å². The van der Waals surface area contributed by atoms with Gasteiger partial charge in [-0.05, 0) is 32.0 Å². The Balaban J connectivity index is 1.69. The summed E-state index contributed by atoms with van der Waals surface area (Å²) in [5.74, 6) is 0.325. The quantitative estimate of drug-likeness (QED) is 0.742. The van der Waals surface area contributed by atoms with Crippen molar-refractivity contribution in [1.82, 2.24) is 15.2 Å². The number of hydrogen-bond acceptors (Lipinski definition) is 6. The summed E-state index contributed by atoms with van der Waals surface area (Å²) in [6.45, 7) is 3.76. The summed E-state index contributed by atoms with van der Waals surface area (Å²) in [6.07, 6.45) is 0. The minimum atomic E-state index is -0.500. The summed E-state index contributed by atoms with van der Waals surface area (Å²) in [5, 5.41) is 14.3. The molecule has 2 aromatic heterocycles. The normalized spacial score (nSPS) is 10.6. The van der Waals surface area contributed by atoms with Crippen molar-refractivity contribution in [1.29, 1.82) is 0 Å². The summed E-state index contributed by atoms with van der Waals surface area (Å²) in [5.41, 5.74) is 1.37. The Hall–Kier alpha value is -2.45. The Kier molecular flexibility index (Phi) is 4.26. The fourth-order valence-electron chi connectivity index (χ4n) is 1.92. The van der Waals surface area contributed by atoms with Crippen molar-refractivity contribution in [3.8, 4) is 10.8 Å². The maximum absolute atomic E-state index is 11.9. The molecule has 0 fully saturated rings. The molecule has 9 heteroatoms. The predicted octanol–water partition coefficient (Wildman–Crippen LogP) is 4.11. The number of carbonyl (C=O) groups excluding carboxylic acids is 1. The Morgan fingerprint density at radius 3 is 2.78 bits per heavy atom. The monoisotopic (exact) mass is 349 g/mol. The van der Waals surface area contributed by atoms with Gasteiger partial charge in [-0.15, -0.1) is 16.4 Å². The summed E-state index contributed by atoms with van der Waals surface area (Å²) < 4.78 is 5.45. The third-order valence-electron chi connectivity index (χ3n) is 2.83. The van der Waals surface area contributed by atoms with Crippen LogP contribution in [-0.2, 0) is 0 Å². The molecule has 0 saturated carbocycles. The molecular weight excluding hydrogens is 338 g/mol. The third-order valence-corrected chi connectivity index (χ3v) is 4.12. The molecule has 0 unspecified atom stereocenters. The molecule has 2 N–H and O–H groups in total. The van der Waals surface area contributed by atoms with E-state index in [1.165, 1.54) is 11.3 Å². The second-order valence-corrected chi connectivity index (χ2v) is 6.29. The SMILES string of the molecule is Cc1nc(C)c(-c2nnc(NC(=O)Nc3cccc(Cl)c3)o2)s1. The van der Waals surface area contributed by atoms with E-state index in [0.29, 0.717) is 16.6 Å². The van der Waals surface area contributed by atoms with Gasteiger partial charge in [0.2, 0.25) is 0 Å². The molecule has 2 heterocycles. The fraction of sp³-hybridized carbons (Fsp3) is 0.143. The van der Waals surface area contributed by atoms with Crippen LogP contribution in [0.15, 0.2) is 28.7 Å². The standard InChI is InChI=1S/C14H12ClN5O2S/c1-7-11(23-8(2)16-7)12-19-20-14(22-12)18-13(21)17-10-5-3-4-9(15)6-10/h3-6H,1-2H3,(H2,17,18,20,21). The maximum atomic E-state index is 11.9. The zero-order valence-corrected chi connectivity index (χ0v) is 13.8. The van der Waals surface area contributed by atoms with Gasteiger partial charge in [0.25, 0.3) is 5.89 Å². The Morgan fingerprint density at radius 2 is 2.09 bits per heavy atom. The molecule has 23 heavy (non-hydrogen) atoms. The van der Waals surface area contributed by atoms with Crippen molar-refractivity contribution in [2.45, 2.75) is 13.8 Å². The first-order valence-electron chi connectivity index (χ1n) is 6.63. The van der Waals surface area contributed by atoms with Crippen LogP contribution < -0.4 is 10.6 Å². The van der Waals surface area contributed by atoms with Gasteiger partial charge in [-0.25, -0.2) is 9.78 Å². The molecule has 0 spiro atoms. The van der Waals surface area contributed by atoms with Crippen LogP contribution in [0.25, 0.3) is 10.8 Å². The lowest BCUT2D eigenvalue weighted by atomic mass is 10.3. The number of rotatable bonds is 3. The number of nitrogens with zero attached hydrogens (tertiary/aromatic N) is 3. The third kappa shape index (κ3) is 3.66. The molecule has 0 atom stereocenters. The molecule has 0 bridgehead atoms. The van der Waals surface area contributed by atoms with Crippen molar-refractivity contribution in [3.63, 3.8) is 0 Å². The number of aryl methyl sites for hydroxylation is 2. The second-order valence-electron chi connectivity index (χ2n) is 4.65. The largest absolute Gasteiger partial charge is 0.402 e. The van der Waals surface area contributed by atoms with Gasteiger partial charge in [-0.3, -0.25) is 5.32 Å². The number of aromatic nitrogens is 3. The van der Waals surface area contributed by atoms with Gasteiger partial charge in [0.05, 0.1) is 10.7 Å². The molecule has 1 aromatic carbocycles. The van der Waals surface area contributed by atoms with E-state index >= 15 is 0 Å². The van der Waals surface area contributed by atoms with Gasteiger partial charge < -0.3 is 9.73 Å². The smallest absolute Gasteiger partial charge is 0.327 e. The van der Waals surface area contributed by atoms with E-state index in [2.05, 4.69) is 25.8 Å². The first-order chi connectivity index (χ1) is 11.0. The summed E-state index contributed by atoms with van der Waals surface area (Å²) >= 11 is 7.31. The average molecular weight is 350 g/mol. The average Bonchev–Trinajstić information content (AvgIpc) is 3.05. The molecule has 0 aliphatic rings. The molecule has 3 aromatic rings. The van der Waals surface area contributed by atoms with Crippen molar-refractivity contribution >= 4 is 40.7 Å². The van der Waals surface area contributed by atoms with Gasteiger partial charge in [0, 0.05) is 10.7 Å². The van der Waals surface area contributed by atoms with Gasteiger partial charge in [-0.2, -0.15) is 0 Å². The molecule has 0 saturated heterocycles. The lowest BCUT2D eigenvalue weighted by Crippen LogP contribution is -2.19. The van der Waals surface area contributed by atoms with Crippen molar-refractivity contribution in [2.75, 3.05) is 10.6 Å². The zero-order chi connectivity index (χ0) is 16.4. The number of benzene rings is 1. The van der Waals surface area contributed by atoms with Gasteiger partial charge in [0.1, 0.15) is 4.88 Å². The zero-order valence-electron chi connectivity index (χ0n) is 12.3. The number of halogens is 1. The van der Waals surface area contributed by atoms with E-state index in [-0.39, 0.29) is 6.01 Å². The van der Waals surface area contributed by atoms with Gasteiger partial charge >= 0.3 is 12.0 Å². The lowest BCUT2D eigenvalue weighted by molar-refractivity contribution is 0.261. The van der Waals surface area contributed by atoms with Crippen LogP contribution in [-0.4, -0.2) is 21.2 Å². The number of urea groups is 1. The molecule has 0 aliphatic carbocycles. The Morgan fingerprint density at radius 1 is 1.26 bits per heavy atom. The Bertz CT molecular complexity index is 860. The molecule has 118 valence electrons. The van der Waals surface area contributed by atoms with E-state index < -0.39 is 6.03 Å². The number of thiazole rings is 1. The Labute approximate surface area is 140 Å². The first-order valence-corrected chi connectivity index (χ1v) is 7.82. The van der Waals surface area contributed by atoms with E-state index in [4.69, 9.17) is 16.0 Å². The summed E-state index contributed by atoms with van der Waals surface area (Å²) in [6, 6.07) is 6.30. The molecule has 0 radical (unpaired) electrons.